The van der Waals surface area contributed by atoms with Crippen molar-refractivity contribution in [1.29, 1.82) is 0 Å². The van der Waals surface area contributed by atoms with Gasteiger partial charge >= 0.3 is 11.9 Å². The fourth-order valence-corrected chi connectivity index (χ4v) is 4.48. The van der Waals surface area contributed by atoms with Gasteiger partial charge in [0.25, 0.3) is 5.91 Å². The molecule has 41 heavy (non-hydrogen) atoms. The summed E-state index contributed by atoms with van der Waals surface area (Å²) in [5, 5.41) is 31.8. The predicted molar refractivity (Wildman–Crippen MR) is 145 cm³/mol. The number of aromatic hydroxyl groups is 1. The van der Waals surface area contributed by atoms with Crippen molar-refractivity contribution in [3.05, 3.63) is 75.9 Å². The third kappa shape index (κ3) is 6.38. The number of hydrogen-bond acceptors (Lipinski definition) is 8. The van der Waals surface area contributed by atoms with Gasteiger partial charge in [0.15, 0.2) is 11.2 Å². The Balaban J connectivity index is 1.78. The Labute approximate surface area is 231 Å². The molecule has 1 aliphatic carbocycles. The van der Waals surface area contributed by atoms with E-state index in [1.54, 1.807) is 0 Å². The van der Waals surface area contributed by atoms with E-state index in [-0.39, 0.29) is 52.1 Å². The monoisotopic (exact) mass is 560 g/mol. The fraction of sp³-hybridized carbons (Fsp3) is 0.172. The molecule has 2 aromatic rings. The molecule has 2 aromatic carbocycles. The second-order valence-electron chi connectivity index (χ2n) is 9.27. The van der Waals surface area contributed by atoms with E-state index < -0.39 is 48.4 Å². The maximum absolute atomic E-state index is 13.1. The molecular formula is C29H24N2O10. The van der Waals surface area contributed by atoms with Crippen LogP contribution in [-0.2, 0) is 14.4 Å². The first-order valence-corrected chi connectivity index (χ1v) is 12.4. The van der Waals surface area contributed by atoms with E-state index in [9.17, 15) is 39.0 Å². The SMILES string of the molecule is NC(=O)CCC(NC(=O)c1ccc(-c2c3ccc(=O)cc-3oc3cc(O)ccc23)c(C(=O)O)c1)C(=O)CCC(=O)O. The molecule has 0 saturated carbocycles. The third-order valence-corrected chi connectivity index (χ3v) is 6.42. The number of nitrogens with two attached hydrogens (primary N) is 1. The fourth-order valence-electron chi connectivity index (χ4n) is 4.48. The van der Waals surface area contributed by atoms with E-state index in [2.05, 4.69) is 5.32 Å². The highest BCUT2D eigenvalue weighted by atomic mass is 16.4. The number of amides is 2. The number of phenols is 1. The van der Waals surface area contributed by atoms with E-state index >= 15 is 0 Å². The maximum Gasteiger partial charge on any atom is 0.336 e. The zero-order chi connectivity index (χ0) is 29.8. The molecule has 0 fully saturated rings. The van der Waals surface area contributed by atoms with Crippen molar-refractivity contribution in [3.8, 4) is 28.2 Å². The molecule has 0 radical (unpaired) electrons. The van der Waals surface area contributed by atoms with Gasteiger partial charge in [0.2, 0.25) is 5.91 Å². The zero-order valence-corrected chi connectivity index (χ0v) is 21.4. The van der Waals surface area contributed by atoms with Gasteiger partial charge < -0.3 is 30.8 Å². The van der Waals surface area contributed by atoms with Crippen LogP contribution in [0.3, 0.4) is 0 Å². The number of ketones is 1. The van der Waals surface area contributed by atoms with Gasteiger partial charge in [0, 0.05) is 47.1 Å². The molecule has 12 heteroatoms. The van der Waals surface area contributed by atoms with Crippen LogP contribution in [0.25, 0.3) is 33.4 Å². The molecule has 0 bridgehead atoms. The lowest BCUT2D eigenvalue weighted by Gasteiger charge is -2.19. The number of hydrogen-bond donors (Lipinski definition) is 5. The highest BCUT2D eigenvalue weighted by molar-refractivity contribution is 6.09. The molecule has 2 aliphatic rings. The molecule has 1 unspecified atom stereocenters. The summed E-state index contributed by atoms with van der Waals surface area (Å²) >= 11 is 0. The molecule has 0 aromatic heterocycles. The minimum Gasteiger partial charge on any atom is -0.508 e. The van der Waals surface area contributed by atoms with E-state index in [1.807, 2.05) is 0 Å². The lowest BCUT2D eigenvalue weighted by atomic mass is 9.89. The summed E-state index contributed by atoms with van der Waals surface area (Å²) in [5.41, 5.74) is 5.60. The largest absolute Gasteiger partial charge is 0.508 e. The highest BCUT2D eigenvalue weighted by Gasteiger charge is 2.26. The summed E-state index contributed by atoms with van der Waals surface area (Å²) in [6.45, 7) is 0. The van der Waals surface area contributed by atoms with Crippen molar-refractivity contribution in [2.75, 3.05) is 0 Å². The Morgan fingerprint density at radius 3 is 2.29 bits per heavy atom. The Bertz CT molecular complexity index is 1740. The van der Waals surface area contributed by atoms with Crippen LogP contribution < -0.4 is 16.5 Å². The molecule has 12 nitrogen and oxygen atoms in total. The number of Topliss-reactive ketones (excluding diaryl/α,β-unsaturated/α-hetero) is 1. The molecule has 1 heterocycles. The van der Waals surface area contributed by atoms with Gasteiger partial charge in [-0.3, -0.25) is 24.0 Å². The molecule has 2 amide bonds. The van der Waals surface area contributed by atoms with Crippen LogP contribution in [0, 0.1) is 0 Å². The molecule has 1 aliphatic heterocycles. The number of aromatic carboxylic acids is 1. The van der Waals surface area contributed by atoms with Gasteiger partial charge in [-0.05, 0) is 48.4 Å². The Kier molecular flexibility index (Phi) is 8.13. The summed E-state index contributed by atoms with van der Waals surface area (Å²) in [5.74, 6) is -4.71. The number of nitrogens with one attached hydrogen (secondary N) is 1. The second-order valence-corrected chi connectivity index (χ2v) is 9.27. The average Bonchev–Trinajstić information content (AvgIpc) is 2.91. The topological polar surface area (TPSA) is 214 Å². The second kappa shape index (κ2) is 11.7. The first-order valence-electron chi connectivity index (χ1n) is 12.4. The Hall–Kier alpha value is -5.52. The van der Waals surface area contributed by atoms with Crippen LogP contribution in [0.4, 0.5) is 0 Å². The molecule has 4 rings (SSSR count). The molecule has 1 atom stereocenters. The smallest absolute Gasteiger partial charge is 0.336 e. The lowest BCUT2D eigenvalue weighted by molar-refractivity contribution is -0.138. The summed E-state index contributed by atoms with van der Waals surface area (Å²) in [7, 11) is 0. The van der Waals surface area contributed by atoms with Crippen LogP contribution >= 0.6 is 0 Å². The van der Waals surface area contributed by atoms with Crippen LogP contribution in [0.2, 0.25) is 0 Å². The first-order chi connectivity index (χ1) is 19.4. The van der Waals surface area contributed by atoms with E-state index in [0.29, 0.717) is 16.5 Å². The maximum atomic E-state index is 13.1. The third-order valence-electron chi connectivity index (χ3n) is 6.42. The predicted octanol–water partition coefficient (Wildman–Crippen LogP) is 2.77. The molecule has 0 spiro atoms. The van der Waals surface area contributed by atoms with Gasteiger partial charge in [-0.1, -0.05) is 6.07 Å². The number of rotatable bonds is 11. The van der Waals surface area contributed by atoms with E-state index in [1.165, 1.54) is 48.5 Å². The number of carboxylic acid groups (broad SMARTS) is 2. The standard InChI is InChI=1S/C29H24N2O10/c30-25(35)9-7-21(22(34)8-10-26(36)37)31-28(38)14-1-4-17(20(11-14)29(39)40)27-18-5-2-15(32)12-23(18)41-24-13-16(33)3-6-19(24)27/h1-6,11-13,21,32H,7-10H2,(H2,30,35)(H,31,38)(H,36,37)(H,39,40). The quantitative estimate of drug-likeness (QED) is 0.169. The average molecular weight is 561 g/mol. The minimum atomic E-state index is -1.38. The van der Waals surface area contributed by atoms with E-state index in [0.717, 1.165) is 6.07 Å². The van der Waals surface area contributed by atoms with Crippen LogP contribution in [0.5, 0.6) is 5.75 Å². The Morgan fingerprint density at radius 2 is 1.61 bits per heavy atom. The van der Waals surface area contributed by atoms with Crippen molar-refractivity contribution >= 4 is 40.5 Å². The number of fused-ring (bicyclic) bond motifs is 2. The van der Waals surface area contributed by atoms with Gasteiger partial charge in [-0.15, -0.1) is 0 Å². The summed E-state index contributed by atoms with van der Waals surface area (Å²) in [4.78, 5) is 72.2. The minimum absolute atomic E-state index is 0.112. The molecule has 210 valence electrons. The van der Waals surface area contributed by atoms with Crippen molar-refractivity contribution in [2.24, 2.45) is 5.73 Å². The van der Waals surface area contributed by atoms with Gasteiger partial charge in [0.05, 0.1) is 18.0 Å². The normalized spacial score (nSPS) is 11.7. The summed E-state index contributed by atoms with van der Waals surface area (Å²) < 4.78 is 5.80. The van der Waals surface area contributed by atoms with Crippen molar-refractivity contribution in [1.82, 2.24) is 5.32 Å². The number of benzene rings is 3. The molecule has 0 saturated heterocycles. The molecule has 6 N–H and O–H groups in total. The summed E-state index contributed by atoms with van der Waals surface area (Å²) in [6.07, 6.45) is -1.28. The van der Waals surface area contributed by atoms with Crippen LogP contribution in [0.1, 0.15) is 46.4 Å². The number of phenolic OH excluding ortho intramolecular Hbond substituents is 1. The molecular weight excluding hydrogens is 536 g/mol. The zero-order valence-electron chi connectivity index (χ0n) is 21.4. The highest BCUT2D eigenvalue weighted by Crippen LogP contribution is 2.42. The number of carboxylic acids is 2. The van der Waals surface area contributed by atoms with Gasteiger partial charge in [-0.2, -0.15) is 0 Å². The number of aliphatic carboxylic acids is 1. The summed E-state index contributed by atoms with van der Waals surface area (Å²) in [6, 6.07) is 10.9. The van der Waals surface area contributed by atoms with Crippen molar-refractivity contribution in [3.63, 3.8) is 0 Å². The van der Waals surface area contributed by atoms with Crippen LogP contribution in [0.15, 0.2) is 63.8 Å². The number of carbonyl (C=O) groups is 5. The van der Waals surface area contributed by atoms with Gasteiger partial charge in [0.1, 0.15) is 17.1 Å². The van der Waals surface area contributed by atoms with Crippen molar-refractivity contribution < 1.29 is 43.7 Å². The van der Waals surface area contributed by atoms with E-state index in [4.69, 9.17) is 15.3 Å². The lowest BCUT2D eigenvalue weighted by Crippen LogP contribution is -2.41. The number of primary amides is 1. The van der Waals surface area contributed by atoms with Gasteiger partial charge in [-0.25, -0.2) is 4.79 Å². The van der Waals surface area contributed by atoms with Crippen LogP contribution in [-0.4, -0.2) is 50.9 Å². The first kappa shape index (κ1) is 28.5. The Morgan fingerprint density at radius 1 is 0.878 bits per heavy atom. The number of carbonyl (C=O) groups excluding carboxylic acids is 3. The van der Waals surface area contributed by atoms with Crippen molar-refractivity contribution in [2.45, 2.75) is 31.7 Å².